The third kappa shape index (κ3) is 3.47. The first-order valence-corrected chi connectivity index (χ1v) is 6.52. The van der Waals surface area contributed by atoms with Crippen LogP contribution in [0, 0.1) is 6.92 Å². The van der Waals surface area contributed by atoms with E-state index in [0.717, 1.165) is 22.6 Å². The molecule has 1 aromatic carbocycles. The van der Waals surface area contributed by atoms with Crippen molar-refractivity contribution in [1.29, 1.82) is 0 Å². The fourth-order valence-corrected chi connectivity index (χ4v) is 2.08. The molecule has 1 amide bonds. The van der Waals surface area contributed by atoms with Crippen molar-refractivity contribution in [2.75, 3.05) is 32.6 Å². The van der Waals surface area contributed by atoms with E-state index >= 15 is 0 Å². The van der Waals surface area contributed by atoms with Gasteiger partial charge in [0.15, 0.2) is 0 Å². The molecule has 19 heavy (non-hydrogen) atoms. The molecular formula is C15H24N2O2. The second kappa shape index (κ2) is 6.57. The quantitative estimate of drug-likeness (QED) is 0.887. The molecule has 0 heterocycles. The number of carbonyl (C=O) groups is 1. The van der Waals surface area contributed by atoms with Crippen LogP contribution in [0.3, 0.4) is 0 Å². The van der Waals surface area contributed by atoms with Crippen molar-refractivity contribution < 1.29 is 9.53 Å². The second-order valence-corrected chi connectivity index (χ2v) is 5.02. The second-order valence-electron chi connectivity index (χ2n) is 5.02. The molecule has 1 N–H and O–H groups in total. The Morgan fingerprint density at radius 3 is 2.53 bits per heavy atom. The molecule has 1 aromatic rings. The lowest BCUT2D eigenvalue weighted by molar-refractivity contribution is -0.117. The lowest BCUT2D eigenvalue weighted by Gasteiger charge is -2.23. The molecule has 0 aromatic heterocycles. The van der Waals surface area contributed by atoms with Gasteiger partial charge < -0.3 is 15.0 Å². The van der Waals surface area contributed by atoms with Gasteiger partial charge in [0.25, 0.3) is 0 Å². The smallest absolute Gasteiger partial charge is 0.240 e. The molecule has 0 saturated heterocycles. The van der Waals surface area contributed by atoms with Crippen molar-refractivity contribution in [3.63, 3.8) is 0 Å². The van der Waals surface area contributed by atoms with Crippen LogP contribution in [0.25, 0.3) is 0 Å². The number of benzene rings is 1. The summed E-state index contributed by atoms with van der Waals surface area (Å²) in [5.41, 5.74) is 3.09. The topological polar surface area (TPSA) is 41.6 Å². The summed E-state index contributed by atoms with van der Waals surface area (Å²) in [5, 5.41) is 2.88. The molecule has 0 spiro atoms. The van der Waals surface area contributed by atoms with E-state index in [4.69, 9.17) is 4.74 Å². The maximum Gasteiger partial charge on any atom is 0.240 e. The van der Waals surface area contributed by atoms with Gasteiger partial charge in [-0.15, -0.1) is 0 Å². The first-order valence-electron chi connectivity index (χ1n) is 6.52. The normalized spacial score (nSPS) is 10.7. The van der Waals surface area contributed by atoms with E-state index < -0.39 is 0 Å². The highest BCUT2D eigenvalue weighted by Gasteiger charge is 2.16. The number of methoxy groups -OCH3 is 1. The van der Waals surface area contributed by atoms with Gasteiger partial charge in [0.1, 0.15) is 5.75 Å². The lowest BCUT2D eigenvalue weighted by atomic mass is 9.98. The predicted molar refractivity (Wildman–Crippen MR) is 79.2 cm³/mol. The Balaban J connectivity index is 3.21. The first-order chi connectivity index (χ1) is 8.92. The zero-order valence-electron chi connectivity index (χ0n) is 12.7. The van der Waals surface area contributed by atoms with Crippen LogP contribution < -0.4 is 15.0 Å². The van der Waals surface area contributed by atoms with Gasteiger partial charge in [0.05, 0.1) is 13.7 Å². The van der Waals surface area contributed by atoms with E-state index in [2.05, 4.69) is 19.2 Å². The number of amides is 1. The molecule has 0 radical (unpaired) electrons. The van der Waals surface area contributed by atoms with Gasteiger partial charge in [0.2, 0.25) is 5.91 Å². The lowest BCUT2D eigenvalue weighted by Crippen LogP contribution is -2.34. The Hall–Kier alpha value is -1.55. The Morgan fingerprint density at radius 1 is 1.42 bits per heavy atom. The van der Waals surface area contributed by atoms with Crippen LogP contribution in [0.4, 0.5) is 5.69 Å². The highest BCUT2D eigenvalue weighted by atomic mass is 16.5. The summed E-state index contributed by atoms with van der Waals surface area (Å²) in [6.45, 7) is 6.56. The Bertz CT molecular complexity index is 456. The van der Waals surface area contributed by atoms with E-state index in [1.54, 1.807) is 26.1 Å². The summed E-state index contributed by atoms with van der Waals surface area (Å²) in [7, 11) is 5.25. The molecule has 0 aliphatic rings. The predicted octanol–water partition coefficient (Wildman–Crippen LogP) is 2.31. The van der Waals surface area contributed by atoms with Crippen molar-refractivity contribution in [1.82, 2.24) is 5.32 Å². The number of anilines is 1. The molecule has 0 aliphatic carbocycles. The standard InChI is InChI=1S/C15H24N2O2/c1-10(2)12-8-13(11(3)7-14(12)19-6)17(5)15(18)9-16-4/h7-8,10,16H,9H2,1-6H3. The summed E-state index contributed by atoms with van der Waals surface area (Å²) in [6, 6.07) is 4.04. The van der Waals surface area contributed by atoms with E-state index in [0.29, 0.717) is 12.5 Å². The van der Waals surface area contributed by atoms with Crippen LogP contribution in [0.2, 0.25) is 0 Å². The number of likely N-dealkylation sites (N-methyl/N-ethyl adjacent to an activating group) is 2. The zero-order valence-corrected chi connectivity index (χ0v) is 12.7. The number of nitrogens with zero attached hydrogens (tertiary/aromatic N) is 1. The van der Waals surface area contributed by atoms with E-state index in [-0.39, 0.29) is 5.91 Å². The van der Waals surface area contributed by atoms with Crippen LogP contribution in [0.1, 0.15) is 30.9 Å². The highest BCUT2D eigenvalue weighted by molar-refractivity contribution is 5.95. The van der Waals surface area contributed by atoms with E-state index in [1.807, 2.05) is 19.1 Å². The molecule has 0 unspecified atom stereocenters. The van der Waals surface area contributed by atoms with E-state index in [9.17, 15) is 4.79 Å². The first kappa shape index (κ1) is 15.5. The monoisotopic (exact) mass is 264 g/mol. The van der Waals surface area contributed by atoms with Gasteiger partial charge in [-0.2, -0.15) is 0 Å². The molecule has 106 valence electrons. The van der Waals surface area contributed by atoms with Crippen LogP contribution in [0.5, 0.6) is 5.75 Å². The van der Waals surface area contributed by atoms with Gasteiger partial charge in [-0.1, -0.05) is 13.8 Å². The molecule has 0 bridgehead atoms. The third-order valence-corrected chi connectivity index (χ3v) is 3.23. The summed E-state index contributed by atoms with van der Waals surface area (Å²) >= 11 is 0. The summed E-state index contributed by atoms with van der Waals surface area (Å²) in [4.78, 5) is 13.7. The Kier molecular flexibility index (Phi) is 5.36. The fourth-order valence-electron chi connectivity index (χ4n) is 2.08. The molecule has 0 saturated carbocycles. The van der Waals surface area contributed by atoms with Gasteiger partial charge in [-0.05, 0) is 43.1 Å². The minimum absolute atomic E-state index is 0.0467. The Labute approximate surface area is 115 Å². The highest BCUT2D eigenvalue weighted by Crippen LogP contribution is 2.33. The maximum atomic E-state index is 12.0. The fraction of sp³-hybridized carbons (Fsp3) is 0.533. The summed E-state index contributed by atoms with van der Waals surface area (Å²) in [6.07, 6.45) is 0. The molecule has 0 fully saturated rings. The van der Waals surface area contributed by atoms with Gasteiger partial charge in [0, 0.05) is 12.7 Å². The van der Waals surface area contributed by atoms with Crippen molar-refractivity contribution >= 4 is 11.6 Å². The molecule has 4 heteroatoms. The maximum absolute atomic E-state index is 12.0. The largest absolute Gasteiger partial charge is 0.496 e. The summed E-state index contributed by atoms with van der Waals surface area (Å²) < 4.78 is 5.41. The van der Waals surface area contributed by atoms with Crippen molar-refractivity contribution in [2.45, 2.75) is 26.7 Å². The number of carbonyl (C=O) groups excluding carboxylic acids is 1. The van der Waals surface area contributed by atoms with Crippen LogP contribution >= 0.6 is 0 Å². The number of hydrogen-bond acceptors (Lipinski definition) is 3. The van der Waals surface area contributed by atoms with Gasteiger partial charge in [-0.25, -0.2) is 0 Å². The van der Waals surface area contributed by atoms with Crippen molar-refractivity contribution in [3.05, 3.63) is 23.3 Å². The third-order valence-electron chi connectivity index (χ3n) is 3.23. The van der Waals surface area contributed by atoms with Gasteiger partial charge in [-0.3, -0.25) is 4.79 Å². The van der Waals surface area contributed by atoms with Gasteiger partial charge >= 0.3 is 0 Å². The van der Waals surface area contributed by atoms with Crippen molar-refractivity contribution in [3.8, 4) is 5.75 Å². The number of aryl methyl sites for hydroxylation is 1. The van der Waals surface area contributed by atoms with Crippen molar-refractivity contribution in [2.24, 2.45) is 0 Å². The van der Waals surface area contributed by atoms with E-state index in [1.165, 1.54) is 0 Å². The molecular weight excluding hydrogens is 240 g/mol. The SMILES string of the molecule is CNCC(=O)N(C)c1cc(C(C)C)c(OC)cc1C. The minimum Gasteiger partial charge on any atom is -0.496 e. The molecule has 0 atom stereocenters. The average molecular weight is 264 g/mol. The molecule has 1 rings (SSSR count). The average Bonchev–Trinajstić information content (AvgIpc) is 2.37. The number of ether oxygens (including phenoxy) is 1. The van der Waals surface area contributed by atoms with Crippen LogP contribution in [0.15, 0.2) is 12.1 Å². The van der Waals surface area contributed by atoms with Crippen LogP contribution in [-0.2, 0) is 4.79 Å². The number of hydrogen-bond donors (Lipinski definition) is 1. The van der Waals surface area contributed by atoms with Crippen LogP contribution in [-0.4, -0.2) is 33.7 Å². The molecule has 0 aliphatic heterocycles. The summed E-state index contributed by atoms with van der Waals surface area (Å²) in [5.74, 6) is 1.28. The minimum atomic E-state index is 0.0467. The Morgan fingerprint density at radius 2 is 2.05 bits per heavy atom. The molecule has 4 nitrogen and oxygen atoms in total. The zero-order chi connectivity index (χ0) is 14.6. The number of nitrogens with one attached hydrogen (secondary N) is 1. The number of rotatable bonds is 5.